The van der Waals surface area contributed by atoms with E-state index in [1.807, 2.05) is 0 Å². The Morgan fingerprint density at radius 3 is 2.70 bits per heavy atom. The van der Waals surface area contributed by atoms with Crippen molar-refractivity contribution in [3.05, 3.63) is 29.3 Å². The molecule has 0 radical (unpaired) electrons. The van der Waals surface area contributed by atoms with Gasteiger partial charge >= 0.3 is 5.97 Å². The van der Waals surface area contributed by atoms with E-state index >= 15 is 0 Å². The highest BCUT2D eigenvalue weighted by Gasteiger charge is 2.12. The number of halogens is 2. The standard InChI is InChI=1S/C13H15F2NO4/c1-8-2-3-10(9(6-8)13(18)19)16-12(17)4-5-20-7-11(14)15/h2-3,6,11H,4-5,7H2,1H3,(H,16,17)(H,18,19). The van der Waals surface area contributed by atoms with Gasteiger partial charge in [-0.25, -0.2) is 13.6 Å². The third-order valence-corrected chi connectivity index (χ3v) is 2.40. The predicted octanol–water partition coefficient (Wildman–Crippen LogP) is 2.30. The molecule has 0 aliphatic heterocycles. The largest absolute Gasteiger partial charge is 0.478 e. The number of alkyl halides is 2. The van der Waals surface area contributed by atoms with Crippen LogP contribution in [0.1, 0.15) is 22.3 Å². The van der Waals surface area contributed by atoms with Crippen LogP contribution in [0.4, 0.5) is 14.5 Å². The van der Waals surface area contributed by atoms with Crippen molar-refractivity contribution in [2.24, 2.45) is 0 Å². The number of carbonyl (C=O) groups is 2. The van der Waals surface area contributed by atoms with E-state index < -0.39 is 24.9 Å². The minimum absolute atomic E-state index is 0.0214. The van der Waals surface area contributed by atoms with E-state index in [4.69, 9.17) is 5.11 Å². The first-order valence-corrected chi connectivity index (χ1v) is 5.90. The number of anilines is 1. The second kappa shape index (κ2) is 7.54. The number of nitrogens with one attached hydrogen (secondary N) is 1. The van der Waals surface area contributed by atoms with Gasteiger partial charge in [0.25, 0.3) is 6.43 Å². The summed E-state index contributed by atoms with van der Waals surface area (Å²) in [6.45, 7) is 0.860. The fourth-order valence-corrected chi connectivity index (χ4v) is 1.49. The van der Waals surface area contributed by atoms with Gasteiger partial charge in [-0.15, -0.1) is 0 Å². The number of rotatable bonds is 7. The molecule has 0 aliphatic rings. The van der Waals surface area contributed by atoms with Crippen molar-refractivity contribution in [2.45, 2.75) is 19.8 Å². The zero-order valence-electron chi connectivity index (χ0n) is 10.9. The van der Waals surface area contributed by atoms with Crippen molar-refractivity contribution in [2.75, 3.05) is 18.5 Å². The molecule has 0 spiro atoms. The average molecular weight is 287 g/mol. The van der Waals surface area contributed by atoms with Crippen LogP contribution in [-0.2, 0) is 9.53 Å². The maximum atomic E-state index is 11.8. The Morgan fingerprint density at radius 2 is 2.10 bits per heavy atom. The number of benzene rings is 1. The van der Waals surface area contributed by atoms with Crippen molar-refractivity contribution >= 4 is 17.6 Å². The molecule has 1 aromatic carbocycles. The summed E-state index contributed by atoms with van der Waals surface area (Å²) >= 11 is 0. The van der Waals surface area contributed by atoms with Gasteiger partial charge in [0.15, 0.2) is 0 Å². The SMILES string of the molecule is Cc1ccc(NC(=O)CCOCC(F)F)c(C(=O)O)c1. The van der Waals surface area contributed by atoms with Crippen LogP contribution in [-0.4, -0.2) is 36.6 Å². The summed E-state index contributed by atoms with van der Waals surface area (Å²) in [6, 6.07) is 4.58. The molecule has 20 heavy (non-hydrogen) atoms. The maximum Gasteiger partial charge on any atom is 0.337 e. The molecule has 0 heterocycles. The summed E-state index contributed by atoms with van der Waals surface area (Å²) in [5, 5.41) is 11.4. The summed E-state index contributed by atoms with van der Waals surface area (Å²) in [6.07, 6.45) is -2.70. The summed E-state index contributed by atoms with van der Waals surface area (Å²) in [4.78, 5) is 22.6. The zero-order chi connectivity index (χ0) is 15.1. The van der Waals surface area contributed by atoms with Crippen LogP contribution in [0, 0.1) is 6.92 Å². The van der Waals surface area contributed by atoms with Gasteiger partial charge < -0.3 is 15.2 Å². The van der Waals surface area contributed by atoms with Gasteiger partial charge in [0.2, 0.25) is 5.91 Å². The van der Waals surface area contributed by atoms with Crippen molar-refractivity contribution in [3.8, 4) is 0 Å². The second-order valence-electron chi connectivity index (χ2n) is 4.12. The summed E-state index contributed by atoms with van der Waals surface area (Å²) < 4.78 is 28.2. The molecular weight excluding hydrogens is 272 g/mol. The molecule has 1 aromatic rings. The molecule has 2 N–H and O–H groups in total. The van der Waals surface area contributed by atoms with Gasteiger partial charge in [0, 0.05) is 0 Å². The first kappa shape index (κ1) is 16.0. The summed E-state index contributed by atoms with van der Waals surface area (Å²) in [5.74, 6) is -1.65. The van der Waals surface area contributed by atoms with E-state index in [0.717, 1.165) is 5.56 Å². The van der Waals surface area contributed by atoms with E-state index in [2.05, 4.69) is 10.1 Å². The number of ether oxygens (including phenoxy) is 1. The molecule has 1 amide bonds. The van der Waals surface area contributed by atoms with Crippen LogP contribution in [0.15, 0.2) is 18.2 Å². The Labute approximate surface area is 114 Å². The van der Waals surface area contributed by atoms with Crippen LogP contribution < -0.4 is 5.32 Å². The number of carboxylic acids is 1. The normalized spacial score (nSPS) is 10.6. The van der Waals surface area contributed by atoms with E-state index in [1.54, 1.807) is 13.0 Å². The van der Waals surface area contributed by atoms with Crippen LogP contribution in [0.25, 0.3) is 0 Å². The van der Waals surface area contributed by atoms with Crippen LogP contribution >= 0.6 is 0 Å². The Hall–Kier alpha value is -2.02. The Morgan fingerprint density at radius 1 is 1.40 bits per heavy atom. The van der Waals surface area contributed by atoms with Crippen molar-refractivity contribution in [1.82, 2.24) is 0 Å². The van der Waals surface area contributed by atoms with Gasteiger partial charge in [0.05, 0.1) is 24.3 Å². The first-order chi connectivity index (χ1) is 9.40. The zero-order valence-corrected chi connectivity index (χ0v) is 10.9. The highest BCUT2D eigenvalue weighted by molar-refractivity contribution is 6.00. The fraction of sp³-hybridized carbons (Fsp3) is 0.385. The molecule has 0 saturated carbocycles. The minimum Gasteiger partial charge on any atom is -0.478 e. The number of aryl methyl sites for hydroxylation is 1. The average Bonchev–Trinajstić information content (AvgIpc) is 2.36. The number of aromatic carboxylic acids is 1. The topological polar surface area (TPSA) is 75.6 Å². The number of amides is 1. The molecule has 0 aromatic heterocycles. The van der Waals surface area contributed by atoms with Gasteiger partial charge in [-0.05, 0) is 19.1 Å². The lowest BCUT2D eigenvalue weighted by atomic mass is 10.1. The second-order valence-corrected chi connectivity index (χ2v) is 4.12. The summed E-state index contributed by atoms with van der Waals surface area (Å²) in [7, 11) is 0. The number of carbonyl (C=O) groups excluding carboxylic acids is 1. The lowest BCUT2D eigenvalue weighted by Gasteiger charge is -2.09. The van der Waals surface area contributed by atoms with E-state index in [1.165, 1.54) is 12.1 Å². The van der Waals surface area contributed by atoms with Crippen LogP contribution in [0.3, 0.4) is 0 Å². The maximum absolute atomic E-state index is 11.8. The number of hydrogen-bond donors (Lipinski definition) is 2. The van der Waals surface area contributed by atoms with E-state index in [-0.39, 0.29) is 24.3 Å². The molecule has 0 saturated heterocycles. The predicted molar refractivity (Wildman–Crippen MR) is 68.2 cm³/mol. The molecule has 0 fully saturated rings. The molecule has 5 nitrogen and oxygen atoms in total. The van der Waals surface area contributed by atoms with Crippen LogP contribution in [0.2, 0.25) is 0 Å². The number of hydrogen-bond acceptors (Lipinski definition) is 3. The van der Waals surface area contributed by atoms with Gasteiger partial charge in [-0.2, -0.15) is 0 Å². The quantitative estimate of drug-likeness (QED) is 0.754. The van der Waals surface area contributed by atoms with Crippen molar-refractivity contribution < 1.29 is 28.2 Å². The van der Waals surface area contributed by atoms with E-state index in [9.17, 15) is 18.4 Å². The highest BCUT2D eigenvalue weighted by atomic mass is 19.3. The molecule has 110 valence electrons. The fourth-order valence-electron chi connectivity index (χ4n) is 1.49. The van der Waals surface area contributed by atoms with Crippen LogP contribution in [0.5, 0.6) is 0 Å². The Kier molecular flexibility index (Phi) is 6.05. The third kappa shape index (κ3) is 5.31. The molecule has 0 atom stereocenters. The minimum atomic E-state index is -2.58. The lowest BCUT2D eigenvalue weighted by molar-refractivity contribution is -0.117. The molecule has 7 heteroatoms. The number of carboxylic acid groups (broad SMARTS) is 1. The Balaban J connectivity index is 2.55. The molecule has 0 bridgehead atoms. The highest BCUT2D eigenvalue weighted by Crippen LogP contribution is 2.17. The van der Waals surface area contributed by atoms with E-state index in [0.29, 0.717) is 0 Å². The third-order valence-electron chi connectivity index (χ3n) is 2.40. The summed E-state index contributed by atoms with van der Waals surface area (Å²) in [5.41, 5.74) is 0.898. The molecular formula is C13H15F2NO4. The first-order valence-electron chi connectivity index (χ1n) is 5.90. The molecule has 0 aliphatic carbocycles. The monoisotopic (exact) mass is 287 g/mol. The van der Waals surface area contributed by atoms with Gasteiger partial charge in [-0.1, -0.05) is 11.6 Å². The van der Waals surface area contributed by atoms with Crippen molar-refractivity contribution in [1.29, 1.82) is 0 Å². The Bertz CT molecular complexity index is 491. The van der Waals surface area contributed by atoms with Gasteiger partial charge in [0.1, 0.15) is 6.61 Å². The molecule has 1 rings (SSSR count). The lowest BCUT2D eigenvalue weighted by Crippen LogP contribution is -2.17. The molecule has 0 unspecified atom stereocenters. The van der Waals surface area contributed by atoms with Crippen molar-refractivity contribution in [3.63, 3.8) is 0 Å². The smallest absolute Gasteiger partial charge is 0.337 e. The van der Waals surface area contributed by atoms with Gasteiger partial charge in [-0.3, -0.25) is 4.79 Å².